The lowest BCUT2D eigenvalue weighted by atomic mass is 9.84. The number of benzene rings is 1. The molecule has 0 aliphatic rings. The molecule has 0 fully saturated rings. The second kappa shape index (κ2) is 9.61. The molecule has 2 rings (SSSR count). The van der Waals surface area contributed by atoms with Gasteiger partial charge in [0.05, 0.1) is 19.4 Å². The first-order valence-corrected chi connectivity index (χ1v) is 11.2. The Labute approximate surface area is 172 Å². The molecule has 1 aromatic heterocycles. The van der Waals surface area contributed by atoms with E-state index < -0.39 is 7.60 Å². The number of nitrogens with zero attached hydrogens (tertiary/aromatic N) is 3. The molecule has 0 radical (unpaired) electrons. The Hall–Kier alpha value is -2.08. The predicted octanol–water partition coefficient (Wildman–Crippen LogP) is 5.33. The number of aryl methyl sites for hydroxylation is 1. The number of aliphatic imine (C=N–C) groups is 1. The van der Waals surface area contributed by atoms with Gasteiger partial charge in [-0.1, -0.05) is 32.9 Å². The number of aromatic hydroxyl groups is 1. The monoisotopic (exact) mass is 419 g/mol. The first-order chi connectivity index (χ1) is 13.6. The molecule has 0 aliphatic carbocycles. The Morgan fingerprint density at radius 3 is 2.34 bits per heavy atom. The summed E-state index contributed by atoms with van der Waals surface area (Å²) in [5.41, 5.74) is 2.42. The van der Waals surface area contributed by atoms with E-state index in [2.05, 4.69) is 15.0 Å². The van der Waals surface area contributed by atoms with Crippen LogP contribution in [-0.2, 0) is 25.4 Å². The zero-order valence-corrected chi connectivity index (χ0v) is 18.9. The van der Waals surface area contributed by atoms with Crippen LogP contribution in [0.5, 0.6) is 5.75 Å². The van der Waals surface area contributed by atoms with Crippen molar-refractivity contribution < 1.29 is 18.7 Å². The maximum absolute atomic E-state index is 13.5. The van der Waals surface area contributed by atoms with E-state index >= 15 is 0 Å². The molecule has 0 unspecified atom stereocenters. The van der Waals surface area contributed by atoms with Gasteiger partial charge in [0.2, 0.25) is 0 Å². The molecule has 1 N–H and O–H groups in total. The Balaban J connectivity index is 2.58. The molecule has 7 nitrogen and oxygen atoms in total. The van der Waals surface area contributed by atoms with Crippen molar-refractivity contribution in [2.24, 2.45) is 4.99 Å². The summed E-state index contributed by atoms with van der Waals surface area (Å²) in [7, 11) is -3.62. The van der Waals surface area contributed by atoms with E-state index in [0.29, 0.717) is 5.82 Å². The van der Waals surface area contributed by atoms with Crippen LogP contribution in [0.2, 0.25) is 0 Å². The fraction of sp³-hybridized carbons (Fsp3) is 0.476. The van der Waals surface area contributed by atoms with Crippen LogP contribution in [0, 0.1) is 6.92 Å². The molecule has 0 amide bonds. The maximum atomic E-state index is 13.5. The van der Waals surface area contributed by atoms with E-state index in [0.717, 1.165) is 16.7 Å². The predicted molar refractivity (Wildman–Crippen MR) is 115 cm³/mol. The Kier molecular flexibility index (Phi) is 7.69. The SMILES string of the molecule is CCOP(=O)(OCC)C(Cc1cc(C)c(O)c(C(C)(C)C)c1)=Nc1cnccn1. The van der Waals surface area contributed by atoms with Gasteiger partial charge >= 0.3 is 7.60 Å². The van der Waals surface area contributed by atoms with Crippen molar-refractivity contribution >= 4 is 18.9 Å². The summed E-state index contributed by atoms with van der Waals surface area (Å²) >= 11 is 0. The van der Waals surface area contributed by atoms with Crippen molar-refractivity contribution in [1.29, 1.82) is 0 Å². The third kappa shape index (κ3) is 5.95. The zero-order chi connectivity index (χ0) is 21.7. The summed E-state index contributed by atoms with van der Waals surface area (Å²) in [5.74, 6) is 0.597. The molecule has 29 heavy (non-hydrogen) atoms. The lowest BCUT2D eigenvalue weighted by Crippen LogP contribution is -2.14. The number of hydrogen-bond donors (Lipinski definition) is 1. The number of phenols is 1. The summed E-state index contributed by atoms with van der Waals surface area (Å²) in [6, 6.07) is 3.77. The van der Waals surface area contributed by atoms with Crippen LogP contribution in [0.3, 0.4) is 0 Å². The fourth-order valence-corrected chi connectivity index (χ4v) is 4.57. The summed E-state index contributed by atoms with van der Waals surface area (Å²) < 4.78 is 24.5. The summed E-state index contributed by atoms with van der Waals surface area (Å²) in [6.07, 6.45) is 4.79. The van der Waals surface area contributed by atoms with Crippen LogP contribution in [0.4, 0.5) is 5.82 Å². The first kappa shape index (κ1) is 23.2. The van der Waals surface area contributed by atoms with Crippen LogP contribution in [0.15, 0.2) is 35.7 Å². The summed E-state index contributed by atoms with van der Waals surface area (Å²) in [5, 5.41) is 10.5. The molecule has 0 atom stereocenters. The minimum atomic E-state index is -3.62. The van der Waals surface area contributed by atoms with Crippen molar-refractivity contribution in [2.45, 2.75) is 53.4 Å². The Morgan fingerprint density at radius 2 is 1.83 bits per heavy atom. The third-order valence-corrected chi connectivity index (χ3v) is 6.32. The van der Waals surface area contributed by atoms with Crippen molar-refractivity contribution in [3.8, 4) is 5.75 Å². The van der Waals surface area contributed by atoms with Crippen LogP contribution in [0.25, 0.3) is 0 Å². The van der Waals surface area contributed by atoms with Gasteiger partial charge in [0, 0.05) is 18.8 Å². The van der Waals surface area contributed by atoms with Crippen molar-refractivity contribution in [3.63, 3.8) is 0 Å². The minimum Gasteiger partial charge on any atom is -0.507 e. The van der Waals surface area contributed by atoms with Crippen molar-refractivity contribution in [1.82, 2.24) is 9.97 Å². The van der Waals surface area contributed by atoms with Crippen LogP contribution >= 0.6 is 7.60 Å². The second-order valence-electron chi connectivity index (χ2n) is 7.66. The molecule has 0 saturated heterocycles. The molecule has 158 valence electrons. The van der Waals surface area contributed by atoms with Gasteiger partial charge in [-0.2, -0.15) is 0 Å². The highest BCUT2D eigenvalue weighted by Gasteiger charge is 2.32. The van der Waals surface area contributed by atoms with Gasteiger partial charge in [-0.05, 0) is 42.9 Å². The Bertz CT molecular complexity index is 898. The van der Waals surface area contributed by atoms with Crippen molar-refractivity contribution in [3.05, 3.63) is 47.4 Å². The van der Waals surface area contributed by atoms with E-state index in [-0.39, 0.29) is 36.3 Å². The smallest absolute Gasteiger partial charge is 0.375 e. The van der Waals surface area contributed by atoms with E-state index in [1.54, 1.807) is 20.0 Å². The number of hydrogen-bond acceptors (Lipinski definition) is 7. The highest BCUT2D eigenvalue weighted by molar-refractivity contribution is 7.72. The second-order valence-corrected chi connectivity index (χ2v) is 9.69. The van der Waals surface area contributed by atoms with Gasteiger partial charge in [0.15, 0.2) is 5.82 Å². The third-order valence-electron chi connectivity index (χ3n) is 4.24. The standard InChI is InChI=1S/C21H30N3O4P/c1-7-27-29(26,28-8-2)19(24-18-14-22-9-10-23-18)13-16-11-15(3)20(25)17(12-16)21(4,5)6/h9-12,14,25H,7-8,13H2,1-6H3. The molecule has 1 heterocycles. The fourth-order valence-electron chi connectivity index (χ4n) is 2.92. The number of phenolic OH excluding ortho intramolecular Hbond substituents is 1. The zero-order valence-electron chi connectivity index (χ0n) is 18.0. The molecular formula is C21H30N3O4P. The van der Waals surface area contributed by atoms with Gasteiger partial charge in [-0.15, -0.1) is 0 Å². The highest BCUT2D eigenvalue weighted by atomic mass is 31.2. The molecule has 2 aromatic rings. The Morgan fingerprint density at radius 1 is 1.17 bits per heavy atom. The van der Waals surface area contributed by atoms with Gasteiger partial charge in [-0.3, -0.25) is 9.55 Å². The summed E-state index contributed by atoms with van der Waals surface area (Å²) in [4.78, 5) is 12.7. The largest absolute Gasteiger partial charge is 0.507 e. The normalized spacial score (nSPS) is 13.0. The van der Waals surface area contributed by atoms with Gasteiger partial charge in [-0.25, -0.2) is 9.98 Å². The van der Waals surface area contributed by atoms with E-state index in [1.807, 2.05) is 39.8 Å². The van der Waals surface area contributed by atoms with Gasteiger partial charge < -0.3 is 14.2 Å². The van der Waals surface area contributed by atoms with Crippen LogP contribution in [-0.4, -0.2) is 33.7 Å². The van der Waals surface area contributed by atoms with E-state index in [1.165, 1.54) is 12.4 Å². The summed E-state index contributed by atoms with van der Waals surface area (Å²) in [6.45, 7) is 11.9. The lowest BCUT2D eigenvalue weighted by molar-refractivity contribution is 0.232. The number of aromatic nitrogens is 2. The average Bonchev–Trinajstić information content (AvgIpc) is 2.64. The molecule has 1 aromatic carbocycles. The van der Waals surface area contributed by atoms with Crippen molar-refractivity contribution in [2.75, 3.05) is 13.2 Å². The lowest BCUT2D eigenvalue weighted by Gasteiger charge is -2.24. The highest BCUT2D eigenvalue weighted by Crippen LogP contribution is 2.51. The number of rotatable bonds is 8. The van der Waals surface area contributed by atoms with Crippen LogP contribution < -0.4 is 0 Å². The van der Waals surface area contributed by atoms with Crippen LogP contribution in [0.1, 0.15) is 51.3 Å². The van der Waals surface area contributed by atoms with Gasteiger partial charge in [0.1, 0.15) is 11.2 Å². The quantitative estimate of drug-likeness (QED) is 0.459. The molecule has 0 spiro atoms. The minimum absolute atomic E-state index is 0.221. The molecule has 0 bridgehead atoms. The molecule has 0 aliphatic heterocycles. The molecule has 0 saturated carbocycles. The first-order valence-electron chi connectivity index (χ1n) is 9.67. The van der Waals surface area contributed by atoms with Gasteiger partial charge in [0.25, 0.3) is 0 Å². The molecular weight excluding hydrogens is 389 g/mol. The van der Waals surface area contributed by atoms with E-state index in [4.69, 9.17) is 9.05 Å². The van der Waals surface area contributed by atoms with E-state index in [9.17, 15) is 9.67 Å². The topological polar surface area (TPSA) is 93.9 Å². The average molecular weight is 419 g/mol. The molecule has 8 heteroatoms. The maximum Gasteiger partial charge on any atom is 0.375 e.